The Morgan fingerprint density at radius 3 is 2.56 bits per heavy atom. The number of pyridine rings is 1. The Bertz CT molecular complexity index is 1390. The molecule has 3 aliphatic heterocycles. The maximum absolute atomic E-state index is 13.4. The predicted molar refractivity (Wildman–Crippen MR) is 129 cm³/mol. The molecule has 0 spiro atoms. The molecule has 0 saturated carbocycles. The standard InChI is InChI=1S/C25H25ClF3N5O2/c1-24(2,3)36-23(35)34-16-7-17(34)12-32(11-16)10-14-4-5-19-18(6-14)21-22(33(19)13-25(27,28)29)20(26)15(8-30)9-31-21/h4-6,9,16-17H,7,10-13H2,1-3H3. The van der Waals surface area contributed by atoms with Crippen molar-refractivity contribution in [2.24, 2.45) is 0 Å². The number of halogens is 4. The number of aromatic nitrogens is 2. The monoisotopic (exact) mass is 519 g/mol. The number of hydrogen-bond acceptors (Lipinski definition) is 5. The van der Waals surface area contributed by atoms with Crippen LogP contribution in [-0.4, -0.2) is 62.4 Å². The predicted octanol–water partition coefficient (Wildman–Crippen LogP) is 5.47. The number of ether oxygens (including phenoxy) is 1. The lowest BCUT2D eigenvalue weighted by Gasteiger charge is -2.55. The number of alkyl halides is 3. The quantitative estimate of drug-likeness (QED) is 0.459. The van der Waals surface area contributed by atoms with Crippen molar-refractivity contribution >= 4 is 39.6 Å². The molecule has 11 heteroatoms. The number of hydrogen-bond donors (Lipinski definition) is 0. The molecular weight excluding hydrogens is 495 g/mol. The minimum absolute atomic E-state index is 0.0257. The van der Waals surface area contributed by atoms with E-state index in [2.05, 4.69) is 9.88 Å². The number of carbonyl (C=O) groups excluding carboxylic acids is 1. The molecule has 2 bridgehead atoms. The second-order valence-electron chi connectivity index (χ2n) is 10.5. The SMILES string of the molecule is CC(C)(C)OC(=O)N1C2CC1CN(Cc1ccc3c(c1)c1ncc(C#N)c(Cl)c1n3CC(F)(F)F)C2. The van der Waals surface area contributed by atoms with E-state index in [1.54, 1.807) is 12.1 Å². The van der Waals surface area contributed by atoms with Gasteiger partial charge in [0.05, 0.1) is 39.2 Å². The summed E-state index contributed by atoms with van der Waals surface area (Å²) in [5, 5.41) is 9.80. The number of benzene rings is 1. The van der Waals surface area contributed by atoms with Crippen LogP contribution < -0.4 is 0 Å². The second-order valence-corrected chi connectivity index (χ2v) is 10.9. The van der Waals surface area contributed by atoms with Crippen LogP contribution in [0.2, 0.25) is 5.02 Å². The summed E-state index contributed by atoms with van der Waals surface area (Å²) in [6.45, 7) is 6.27. The van der Waals surface area contributed by atoms with E-state index in [9.17, 15) is 23.2 Å². The van der Waals surface area contributed by atoms with Crippen LogP contribution in [0.3, 0.4) is 0 Å². The molecule has 1 aromatic carbocycles. The van der Waals surface area contributed by atoms with Crippen LogP contribution in [0.25, 0.3) is 21.9 Å². The van der Waals surface area contributed by atoms with Gasteiger partial charge in [0.2, 0.25) is 0 Å². The van der Waals surface area contributed by atoms with Crippen LogP contribution >= 0.6 is 11.6 Å². The number of rotatable bonds is 3. The molecule has 2 atom stereocenters. The zero-order chi connectivity index (χ0) is 26.0. The summed E-state index contributed by atoms with van der Waals surface area (Å²) in [4.78, 5) is 20.9. The molecule has 3 aromatic rings. The molecule has 1 amide bonds. The van der Waals surface area contributed by atoms with Gasteiger partial charge in [0, 0.05) is 31.2 Å². The average Bonchev–Trinajstić information content (AvgIpc) is 3.05. The maximum atomic E-state index is 13.4. The molecule has 5 heterocycles. The highest BCUT2D eigenvalue weighted by Crippen LogP contribution is 2.38. The summed E-state index contributed by atoms with van der Waals surface area (Å²) < 4.78 is 46.8. The Balaban J connectivity index is 1.42. The molecular formula is C25H25ClF3N5O2. The van der Waals surface area contributed by atoms with Crippen LogP contribution in [0.1, 0.15) is 38.3 Å². The Labute approximate surface area is 211 Å². The van der Waals surface area contributed by atoms with Gasteiger partial charge < -0.3 is 9.30 Å². The Kier molecular flexibility index (Phi) is 5.84. The third-order valence-corrected chi connectivity index (χ3v) is 6.99. The van der Waals surface area contributed by atoms with Gasteiger partial charge in [0.25, 0.3) is 0 Å². The third kappa shape index (κ3) is 4.46. The number of piperidine rings is 1. The number of fused-ring (bicyclic) bond motifs is 5. The first-order valence-electron chi connectivity index (χ1n) is 11.6. The van der Waals surface area contributed by atoms with Gasteiger partial charge in [-0.1, -0.05) is 17.7 Å². The van der Waals surface area contributed by atoms with Gasteiger partial charge in [0.1, 0.15) is 18.2 Å². The molecule has 2 unspecified atom stereocenters. The zero-order valence-electron chi connectivity index (χ0n) is 20.1. The molecule has 36 heavy (non-hydrogen) atoms. The summed E-state index contributed by atoms with van der Waals surface area (Å²) in [5.41, 5.74) is 1.18. The number of nitrogens with zero attached hydrogens (tertiary/aromatic N) is 5. The number of nitriles is 1. The summed E-state index contributed by atoms with van der Waals surface area (Å²) in [7, 11) is 0. The van der Waals surface area contributed by atoms with Gasteiger partial charge in [0.15, 0.2) is 0 Å². The first-order valence-corrected chi connectivity index (χ1v) is 12.0. The second kappa shape index (κ2) is 8.53. The summed E-state index contributed by atoms with van der Waals surface area (Å²) in [6, 6.07) is 7.35. The first-order chi connectivity index (χ1) is 16.8. The summed E-state index contributed by atoms with van der Waals surface area (Å²) in [5.74, 6) is 0. The van der Waals surface area contributed by atoms with Crippen molar-refractivity contribution in [2.75, 3.05) is 13.1 Å². The van der Waals surface area contributed by atoms with E-state index in [0.717, 1.165) is 16.6 Å². The van der Waals surface area contributed by atoms with Gasteiger partial charge in [-0.3, -0.25) is 14.8 Å². The highest BCUT2D eigenvalue weighted by atomic mass is 35.5. The lowest BCUT2D eigenvalue weighted by Crippen LogP contribution is -2.70. The Morgan fingerprint density at radius 2 is 1.94 bits per heavy atom. The van der Waals surface area contributed by atoms with Crippen molar-refractivity contribution in [3.63, 3.8) is 0 Å². The minimum Gasteiger partial charge on any atom is -0.444 e. The molecule has 0 N–H and O–H groups in total. The van der Waals surface area contributed by atoms with Gasteiger partial charge in [-0.2, -0.15) is 18.4 Å². The smallest absolute Gasteiger partial charge is 0.410 e. The molecule has 7 nitrogen and oxygen atoms in total. The van der Waals surface area contributed by atoms with E-state index in [1.165, 1.54) is 6.20 Å². The molecule has 190 valence electrons. The fraction of sp³-hybridized carbons (Fsp3) is 0.480. The van der Waals surface area contributed by atoms with Crippen LogP contribution in [0.15, 0.2) is 24.4 Å². The maximum Gasteiger partial charge on any atom is 0.410 e. The highest BCUT2D eigenvalue weighted by molar-refractivity contribution is 6.37. The van der Waals surface area contributed by atoms with Gasteiger partial charge in [-0.25, -0.2) is 4.79 Å². The topological polar surface area (TPSA) is 74.4 Å². The van der Waals surface area contributed by atoms with E-state index >= 15 is 0 Å². The van der Waals surface area contributed by atoms with Crippen molar-refractivity contribution in [1.82, 2.24) is 19.4 Å². The van der Waals surface area contributed by atoms with E-state index in [4.69, 9.17) is 16.3 Å². The zero-order valence-corrected chi connectivity index (χ0v) is 20.8. The van der Waals surface area contributed by atoms with Crippen LogP contribution in [0.4, 0.5) is 18.0 Å². The van der Waals surface area contributed by atoms with Crippen molar-refractivity contribution in [3.8, 4) is 6.07 Å². The number of piperazine rings is 1. The normalized spacial score (nSPS) is 20.4. The molecule has 0 aliphatic carbocycles. The lowest BCUT2D eigenvalue weighted by molar-refractivity contribution is -0.139. The Morgan fingerprint density at radius 1 is 1.25 bits per heavy atom. The van der Waals surface area contributed by atoms with E-state index in [0.29, 0.717) is 36.1 Å². The van der Waals surface area contributed by atoms with Crippen molar-refractivity contribution < 1.29 is 22.7 Å². The number of carbonyl (C=O) groups is 1. The van der Waals surface area contributed by atoms with Crippen molar-refractivity contribution in [3.05, 3.63) is 40.5 Å². The first kappa shape index (κ1) is 24.7. The van der Waals surface area contributed by atoms with Crippen molar-refractivity contribution in [1.29, 1.82) is 5.26 Å². The van der Waals surface area contributed by atoms with Crippen LogP contribution in [-0.2, 0) is 17.8 Å². The average molecular weight is 520 g/mol. The molecule has 3 saturated heterocycles. The fourth-order valence-electron chi connectivity index (χ4n) is 5.27. The summed E-state index contributed by atoms with van der Waals surface area (Å²) >= 11 is 6.34. The van der Waals surface area contributed by atoms with E-state index in [-0.39, 0.29) is 34.3 Å². The van der Waals surface area contributed by atoms with Crippen LogP contribution in [0.5, 0.6) is 0 Å². The Hall–Kier alpha value is -3.03. The lowest BCUT2D eigenvalue weighted by atomic mass is 9.87. The number of amides is 1. The largest absolute Gasteiger partial charge is 0.444 e. The summed E-state index contributed by atoms with van der Waals surface area (Å²) in [6.07, 6.45) is -2.54. The van der Waals surface area contributed by atoms with Gasteiger partial charge in [-0.05, 0) is 44.9 Å². The highest BCUT2D eigenvalue weighted by Gasteiger charge is 2.48. The van der Waals surface area contributed by atoms with Gasteiger partial charge in [-0.15, -0.1) is 0 Å². The van der Waals surface area contributed by atoms with E-state index in [1.807, 2.05) is 37.8 Å². The van der Waals surface area contributed by atoms with Gasteiger partial charge >= 0.3 is 12.3 Å². The molecule has 3 fully saturated rings. The van der Waals surface area contributed by atoms with Crippen molar-refractivity contribution in [2.45, 2.75) is 64.1 Å². The third-order valence-electron chi connectivity index (χ3n) is 6.61. The molecule has 0 radical (unpaired) electrons. The van der Waals surface area contributed by atoms with Crippen LogP contribution in [0, 0.1) is 11.3 Å². The van der Waals surface area contributed by atoms with E-state index < -0.39 is 18.3 Å². The molecule has 6 rings (SSSR count). The minimum atomic E-state index is -4.47. The fourth-order valence-corrected chi connectivity index (χ4v) is 5.55. The molecule has 2 aromatic heterocycles. The molecule has 3 aliphatic rings.